The molecule has 0 heterocycles. The first-order chi connectivity index (χ1) is 4.54. The highest BCUT2D eigenvalue weighted by molar-refractivity contribution is 6.35. The Morgan fingerprint density at radius 3 is 2.20 bits per heavy atom. The monoisotopic (exact) mass is 143 g/mol. The first-order valence-electron chi connectivity index (χ1n) is 3.32. The molecule has 0 aliphatic rings. The molecule has 0 aliphatic carbocycles. The number of carbonyl (C=O) groups is 2. The second kappa shape index (κ2) is 4.04. The van der Waals surface area contributed by atoms with Gasteiger partial charge in [0, 0.05) is 13.5 Å². The predicted molar refractivity (Wildman–Crippen MR) is 38.5 cm³/mol. The molecule has 1 N–H and O–H groups in total. The van der Waals surface area contributed by atoms with Crippen molar-refractivity contribution in [3.8, 4) is 0 Å². The van der Waals surface area contributed by atoms with Gasteiger partial charge in [-0.25, -0.2) is 0 Å². The summed E-state index contributed by atoms with van der Waals surface area (Å²) in [7, 11) is 0. The molecule has 0 radical (unpaired) electrons. The van der Waals surface area contributed by atoms with Crippen molar-refractivity contribution in [3.05, 3.63) is 0 Å². The Labute approximate surface area is 60.8 Å². The lowest BCUT2D eigenvalue weighted by molar-refractivity contribution is -0.136. The van der Waals surface area contributed by atoms with Gasteiger partial charge in [0.15, 0.2) is 0 Å². The number of nitrogens with one attached hydrogen (secondary N) is 1. The Kier molecular flexibility index (Phi) is 3.69. The lowest BCUT2D eigenvalue weighted by Crippen LogP contribution is -2.31. The Balaban J connectivity index is 3.50. The molecular weight excluding hydrogens is 130 g/mol. The van der Waals surface area contributed by atoms with Crippen LogP contribution in [0.2, 0.25) is 0 Å². The second-order valence-electron chi connectivity index (χ2n) is 2.66. The summed E-state index contributed by atoms with van der Waals surface area (Å²) in [6, 6.07) is 0. The zero-order chi connectivity index (χ0) is 8.15. The summed E-state index contributed by atoms with van der Waals surface area (Å²) >= 11 is 0. The number of hydrogen-bond acceptors (Lipinski definition) is 2. The van der Waals surface area contributed by atoms with Gasteiger partial charge in [0.05, 0.1) is 0 Å². The SMILES string of the molecule is CC(=O)C(=O)NCC(C)C. The van der Waals surface area contributed by atoms with E-state index in [1.807, 2.05) is 13.8 Å². The van der Waals surface area contributed by atoms with Gasteiger partial charge in [-0.3, -0.25) is 9.59 Å². The smallest absolute Gasteiger partial charge is 0.287 e. The van der Waals surface area contributed by atoms with Gasteiger partial charge in [-0.15, -0.1) is 0 Å². The van der Waals surface area contributed by atoms with Gasteiger partial charge in [0.2, 0.25) is 5.78 Å². The van der Waals surface area contributed by atoms with Crippen molar-refractivity contribution in [1.82, 2.24) is 5.32 Å². The van der Waals surface area contributed by atoms with Crippen molar-refractivity contribution in [2.75, 3.05) is 6.54 Å². The lowest BCUT2D eigenvalue weighted by atomic mass is 10.2. The number of ketones is 1. The van der Waals surface area contributed by atoms with Crippen LogP contribution in [0.5, 0.6) is 0 Å². The Morgan fingerprint density at radius 1 is 1.40 bits per heavy atom. The molecule has 10 heavy (non-hydrogen) atoms. The average Bonchev–Trinajstić information content (AvgIpc) is 1.82. The maximum Gasteiger partial charge on any atom is 0.287 e. The van der Waals surface area contributed by atoms with E-state index in [2.05, 4.69) is 5.32 Å². The van der Waals surface area contributed by atoms with Gasteiger partial charge in [-0.05, 0) is 5.92 Å². The molecule has 0 fully saturated rings. The van der Waals surface area contributed by atoms with Crippen molar-refractivity contribution in [2.24, 2.45) is 5.92 Å². The van der Waals surface area contributed by atoms with Gasteiger partial charge >= 0.3 is 0 Å². The van der Waals surface area contributed by atoms with Gasteiger partial charge in [-0.1, -0.05) is 13.8 Å². The zero-order valence-electron chi connectivity index (χ0n) is 6.60. The van der Waals surface area contributed by atoms with E-state index in [1.165, 1.54) is 6.92 Å². The first-order valence-corrected chi connectivity index (χ1v) is 3.32. The predicted octanol–water partition coefficient (Wildman–Crippen LogP) is 0.348. The Hall–Kier alpha value is -0.860. The highest BCUT2D eigenvalue weighted by Crippen LogP contribution is 1.86. The number of Topliss-reactive ketones (excluding diaryl/α,β-unsaturated/α-hetero) is 1. The Morgan fingerprint density at radius 2 is 1.90 bits per heavy atom. The largest absolute Gasteiger partial charge is 0.349 e. The molecular formula is C7H13NO2. The molecule has 3 heteroatoms. The van der Waals surface area contributed by atoms with Crippen molar-refractivity contribution in [3.63, 3.8) is 0 Å². The molecule has 3 nitrogen and oxygen atoms in total. The van der Waals surface area contributed by atoms with Gasteiger partial charge in [0.1, 0.15) is 0 Å². The standard InChI is InChI=1S/C7H13NO2/c1-5(2)4-8-7(10)6(3)9/h5H,4H2,1-3H3,(H,8,10). The zero-order valence-corrected chi connectivity index (χ0v) is 6.60. The summed E-state index contributed by atoms with van der Waals surface area (Å²) < 4.78 is 0. The number of hydrogen-bond donors (Lipinski definition) is 1. The molecule has 0 aliphatic heterocycles. The van der Waals surface area contributed by atoms with E-state index < -0.39 is 11.7 Å². The van der Waals surface area contributed by atoms with Crippen molar-refractivity contribution < 1.29 is 9.59 Å². The third-order valence-corrected chi connectivity index (χ3v) is 0.991. The minimum Gasteiger partial charge on any atom is -0.349 e. The molecule has 0 spiro atoms. The Bertz CT molecular complexity index is 141. The van der Waals surface area contributed by atoms with Crippen LogP contribution in [0.1, 0.15) is 20.8 Å². The minimum absolute atomic E-state index is 0.392. The summed E-state index contributed by atoms with van der Waals surface area (Å²) in [5.74, 6) is -0.530. The van der Waals surface area contributed by atoms with Crippen LogP contribution in [0, 0.1) is 5.92 Å². The fourth-order valence-electron chi connectivity index (χ4n) is 0.421. The highest BCUT2D eigenvalue weighted by atomic mass is 16.2. The summed E-state index contributed by atoms with van der Waals surface area (Å²) in [5, 5.41) is 2.49. The molecule has 0 rings (SSSR count). The molecule has 0 aromatic heterocycles. The van der Waals surface area contributed by atoms with Crippen molar-refractivity contribution in [1.29, 1.82) is 0 Å². The minimum atomic E-state index is -0.492. The topological polar surface area (TPSA) is 46.2 Å². The van der Waals surface area contributed by atoms with Crippen LogP contribution in [0.3, 0.4) is 0 Å². The summed E-state index contributed by atoms with van der Waals surface area (Å²) in [5.41, 5.74) is 0. The highest BCUT2D eigenvalue weighted by Gasteiger charge is 2.05. The second-order valence-corrected chi connectivity index (χ2v) is 2.66. The van der Waals surface area contributed by atoms with E-state index in [4.69, 9.17) is 0 Å². The van der Waals surface area contributed by atoms with Crippen LogP contribution in [0.4, 0.5) is 0 Å². The average molecular weight is 143 g/mol. The van der Waals surface area contributed by atoms with Crippen LogP contribution in [0.15, 0.2) is 0 Å². The number of amides is 1. The van der Waals surface area contributed by atoms with Crippen molar-refractivity contribution >= 4 is 11.7 Å². The van der Waals surface area contributed by atoms with Crippen LogP contribution in [-0.2, 0) is 9.59 Å². The maximum atomic E-state index is 10.6. The fraction of sp³-hybridized carbons (Fsp3) is 0.714. The van der Waals surface area contributed by atoms with Crippen LogP contribution >= 0.6 is 0 Å². The normalized spacial score (nSPS) is 9.60. The molecule has 58 valence electrons. The van der Waals surface area contributed by atoms with Gasteiger partial charge in [0.25, 0.3) is 5.91 Å². The molecule has 0 aromatic rings. The third-order valence-electron chi connectivity index (χ3n) is 0.991. The van der Waals surface area contributed by atoms with Crippen LogP contribution < -0.4 is 5.32 Å². The van der Waals surface area contributed by atoms with E-state index in [1.54, 1.807) is 0 Å². The van der Waals surface area contributed by atoms with E-state index >= 15 is 0 Å². The fourth-order valence-corrected chi connectivity index (χ4v) is 0.421. The number of carbonyl (C=O) groups excluding carboxylic acids is 2. The van der Waals surface area contributed by atoms with E-state index in [0.29, 0.717) is 12.5 Å². The van der Waals surface area contributed by atoms with Gasteiger partial charge in [-0.2, -0.15) is 0 Å². The van der Waals surface area contributed by atoms with E-state index in [0.717, 1.165) is 0 Å². The third kappa shape index (κ3) is 4.06. The van der Waals surface area contributed by atoms with Crippen LogP contribution in [0.25, 0.3) is 0 Å². The molecule has 0 bridgehead atoms. The quantitative estimate of drug-likeness (QED) is 0.579. The maximum absolute atomic E-state index is 10.6. The number of rotatable bonds is 3. The summed E-state index contributed by atoms with van der Waals surface area (Å²) in [6.45, 7) is 5.77. The van der Waals surface area contributed by atoms with Gasteiger partial charge < -0.3 is 5.32 Å². The van der Waals surface area contributed by atoms with Crippen molar-refractivity contribution in [2.45, 2.75) is 20.8 Å². The summed E-state index contributed by atoms with van der Waals surface area (Å²) in [4.78, 5) is 20.9. The summed E-state index contributed by atoms with van der Waals surface area (Å²) in [6.07, 6.45) is 0. The van der Waals surface area contributed by atoms with Crippen LogP contribution in [-0.4, -0.2) is 18.2 Å². The molecule has 0 aromatic carbocycles. The first kappa shape index (κ1) is 9.14. The van der Waals surface area contributed by atoms with E-state index in [9.17, 15) is 9.59 Å². The molecule has 1 amide bonds. The molecule has 0 atom stereocenters. The molecule has 0 saturated carbocycles. The van der Waals surface area contributed by atoms with E-state index in [-0.39, 0.29) is 0 Å². The molecule has 0 saturated heterocycles. The molecule has 0 unspecified atom stereocenters. The lowest BCUT2D eigenvalue weighted by Gasteiger charge is -2.03.